The fraction of sp³-hybridized carbons (Fsp3) is 0.357. The van der Waals surface area contributed by atoms with Gasteiger partial charge in [0.15, 0.2) is 0 Å². The van der Waals surface area contributed by atoms with E-state index < -0.39 is 4.92 Å². The first-order chi connectivity index (χ1) is 10.1. The summed E-state index contributed by atoms with van der Waals surface area (Å²) in [5, 5.41) is 14.3. The first-order valence-electron chi connectivity index (χ1n) is 6.77. The number of aryl methyl sites for hydroxylation is 1. The molecule has 0 aliphatic heterocycles. The third-order valence-electron chi connectivity index (χ3n) is 2.92. The van der Waals surface area contributed by atoms with Gasteiger partial charge in [0.05, 0.1) is 4.92 Å². The lowest BCUT2D eigenvalue weighted by Gasteiger charge is -2.08. The molecule has 0 radical (unpaired) electrons. The average Bonchev–Trinajstić information content (AvgIpc) is 2.45. The molecule has 0 aliphatic carbocycles. The maximum absolute atomic E-state index is 11.2. The van der Waals surface area contributed by atoms with E-state index in [2.05, 4.69) is 20.3 Å². The van der Waals surface area contributed by atoms with Crippen LogP contribution in [0.3, 0.4) is 0 Å². The van der Waals surface area contributed by atoms with E-state index in [9.17, 15) is 10.1 Å². The Morgan fingerprint density at radius 1 is 1.33 bits per heavy atom. The zero-order chi connectivity index (χ0) is 15.2. The summed E-state index contributed by atoms with van der Waals surface area (Å²) in [6.07, 6.45) is 2.89. The third-order valence-corrected chi connectivity index (χ3v) is 2.92. The highest BCUT2D eigenvalue weighted by atomic mass is 16.6. The summed E-state index contributed by atoms with van der Waals surface area (Å²) in [5.41, 5.74) is 1.44. The molecule has 0 spiro atoms. The number of nitrogens with zero attached hydrogens (tertiary/aromatic N) is 4. The van der Waals surface area contributed by atoms with Gasteiger partial charge in [-0.1, -0.05) is 13.0 Å². The molecule has 0 atom stereocenters. The summed E-state index contributed by atoms with van der Waals surface area (Å²) in [7, 11) is 0. The Morgan fingerprint density at radius 2 is 2.14 bits per heavy atom. The van der Waals surface area contributed by atoms with E-state index in [4.69, 9.17) is 0 Å². The largest absolute Gasteiger partial charge is 0.354 e. The highest BCUT2D eigenvalue weighted by molar-refractivity contribution is 5.45. The number of rotatable bonds is 6. The number of nitro groups is 1. The minimum Gasteiger partial charge on any atom is -0.354 e. The van der Waals surface area contributed by atoms with Gasteiger partial charge in [-0.25, -0.2) is 9.97 Å². The van der Waals surface area contributed by atoms with Crippen molar-refractivity contribution in [1.29, 1.82) is 0 Å². The Balaban J connectivity index is 2.39. The molecule has 0 amide bonds. The van der Waals surface area contributed by atoms with E-state index >= 15 is 0 Å². The van der Waals surface area contributed by atoms with E-state index in [1.807, 2.05) is 19.1 Å². The fourth-order valence-corrected chi connectivity index (χ4v) is 1.98. The summed E-state index contributed by atoms with van der Waals surface area (Å²) >= 11 is 0. The predicted octanol–water partition coefficient (Wildman–Crippen LogP) is 2.50. The van der Waals surface area contributed by atoms with Crippen LogP contribution in [-0.2, 0) is 6.42 Å². The van der Waals surface area contributed by atoms with Crippen LogP contribution in [0.1, 0.15) is 30.4 Å². The van der Waals surface area contributed by atoms with E-state index in [1.54, 1.807) is 19.2 Å². The Morgan fingerprint density at radius 3 is 2.76 bits per heavy atom. The van der Waals surface area contributed by atoms with Gasteiger partial charge in [0.25, 0.3) is 0 Å². The summed E-state index contributed by atoms with van der Waals surface area (Å²) in [6.45, 7) is 4.37. The van der Waals surface area contributed by atoms with E-state index in [1.165, 1.54) is 0 Å². The maximum atomic E-state index is 11.2. The molecule has 0 aliphatic rings. The molecular formula is C14H17N5O2. The van der Waals surface area contributed by atoms with Crippen LogP contribution in [0.15, 0.2) is 24.4 Å². The van der Waals surface area contributed by atoms with Crippen molar-refractivity contribution in [3.8, 4) is 0 Å². The number of nitrogens with one attached hydrogen (secondary N) is 1. The predicted molar refractivity (Wildman–Crippen MR) is 79.2 cm³/mol. The van der Waals surface area contributed by atoms with Crippen molar-refractivity contribution < 1.29 is 4.92 Å². The third kappa shape index (κ3) is 3.71. The molecule has 2 rings (SSSR count). The smallest absolute Gasteiger partial charge is 0.312 e. The van der Waals surface area contributed by atoms with Crippen LogP contribution in [0.2, 0.25) is 0 Å². The van der Waals surface area contributed by atoms with Crippen LogP contribution in [0.4, 0.5) is 11.6 Å². The van der Waals surface area contributed by atoms with Gasteiger partial charge >= 0.3 is 5.69 Å². The number of pyridine rings is 1. The normalized spacial score (nSPS) is 10.4. The Hall–Kier alpha value is -2.57. The van der Waals surface area contributed by atoms with Crippen LogP contribution in [0.25, 0.3) is 0 Å². The van der Waals surface area contributed by atoms with E-state index in [0.29, 0.717) is 23.8 Å². The lowest BCUT2D eigenvalue weighted by molar-refractivity contribution is -0.386. The zero-order valence-electron chi connectivity index (χ0n) is 12.0. The van der Waals surface area contributed by atoms with E-state index in [-0.39, 0.29) is 5.69 Å². The molecule has 21 heavy (non-hydrogen) atoms. The minimum atomic E-state index is -0.433. The number of hydrogen-bond donors (Lipinski definition) is 1. The summed E-state index contributed by atoms with van der Waals surface area (Å²) in [5.74, 6) is 0.422. The molecule has 7 heteroatoms. The first-order valence-corrected chi connectivity index (χ1v) is 6.77. The lowest BCUT2D eigenvalue weighted by atomic mass is 10.1. The van der Waals surface area contributed by atoms with Gasteiger partial charge in [0, 0.05) is 24.9 Å². The van der Waals surface area contributed by atoms with Gasteiger partial charge in [-0.3, -0.25) is 15.1 Å². The Labute approximate surface area is 122 Å². The molecule has 0 saturated heterocycles. The molecule has 7 nitrogen and oxygen atoms in total. The van der Waals surface area contributed by atoms with Crippen molar-refractivity contribution in [1.82, 2.24) is 15.0 Å². The van der Waals surface area contributed by atoms with Gasteiger partial charge in [0.1, 0.15) is 11.4 Å². The van der Waals surface area contributed by atoms with Gasteiger partial charge in [0.2, 0.25) is 5.95 Å². The molecule has 0 bridgehead atoms. The molecule has 2 aromatic heterocycles. The average molecular weight is 287 g/mol. The summed E-state index contributed by atoms with van der Waals surface area (Å²) < 4.78 is 0. The number of anilines is 1. The fourth-order valence-electron chi connectivity index (χ4n) is 1.98. The minimum absolute atomic E-state index is 0.0392. The standard InChI is InChI=1S/C14H17N5O2/c1-3-7-16-14-17-10(2)13(19(20)21)12(18-14)9-11-6-4-5-8-15-11/h4-6,8H,3,7,9H2,1-2H3,(H,16,17,18). The Bertz CT molecular complexity index is 631. The SMILES string of the molecule is CCCNc1nc(C)c([N+](=O)[O-])c(Cc2ccccn2)n1. The van der Waals surface area contributed by atoms with Crippen molar-refractivity contribution >= 4 is 11.6 Å². The number of hydrogen-bond acceptors (Lipinski definition) is 6. The van der Waals surface area contributed by atoms with Crippen LogP contribution in [0.5, 0.6) is 0 Å². The van der Waals surface area contributed by atoms with E-state index in [0.717, 1.165) is 18.7 Å². The molecule has 0 aromatic carbocycles. The van der Waals surface area contributed by atoms with Crippen molar-refractivity contribution in [3.05, 3.63) is 51.6 Å². The molecule has 0 fully saturated rings. The molecule has 0 saturated carbocycles. The zero-order valence-corrected chi connectivity index (χ0v) is 12.0. The molecule has 0 unspecified atom stereocenters. The summed E-state index contributed by atoms with van der Waals surface area (Å²) in [6, 6.07) is 5.47. The Kier molecular flexibility index (Phi) is 4.76. The van der Waals surface area contributed by atoms with Crippen LogP contribution >= 0.6 is 0 Å². The molecule has 2 aromatic rings. The first kappa shape index (κ1) is 14.8. The topological polar surface area (TPSA) is 93.8 Å². The van der Waals surface area contributed by atoms with Gasteiger partial charge in [-0.05, 0) is 25.5 Å². The van der Waals surface area contributed by atoms with Crippen molar-refractivity contribution in [2.24, 2.45) is 0 Å². The second-order valence-corrected chi connectivity index (χ2v) is 4.61. The summed E-state index contributed by atoms with van der Waals surface area (Å²) in [4.78, 5) is 23.4. The monoisotopic (exact) mass is 287 g/mol. The van der Waals surface area contributed by atoms with Gasteiger partial charge < -0.3 is 5.32 Å². The number of aromatic nitrogens is 3. The van der Waals surface area contributed by atoms with Crippen LogP contribution in [-0.4, -0.2) is 26.4 Å². The molecule has 110 valence electrons. The highest BCUT2D eigenvalue weighted by Crippen LogP contribution is 2.23. The molecule has 1 N–H and O–H groups in total. The van der Waals surface area contributed by atoms with Crippen molar-refractivity contribution in [2.75, 3.05) is 11.9 Å². The van der Waals surface area contributed by atoms with Gasteiger partial charge in [-0.2, -0.15) is 0 Å². The second-order valence-electron chi connectivity index (χ2n) is 4.61. The van der Waals surface area contributed by atoms with Crippen molar-refractivity contribution in [3.63, 3.8) is 0 Å². The van der Waals surface area contributed by atoms with Crippen LogP contribution < -0.4 is 5.32 Å². The maximum Gasteiger partial charge on any atom is 0.312 e. The van der Waals surface area contributed by atoms with Crippen LogP contribution in [0, 0.1) is 17.0 Å². The van der Waals surface area contributed by atoms with Gasteiger partial charge in [-0.15, -0.1) is 0 Å². The molecular weight excluding hydrogens is 270 g/mol. The quantitative estimate of drug-likeness (QED) is 0.648. The second kappa shape index (κ2) is 6.74. The highest BCUT2D eigenvalue weighted by Gasteiger charge is 2.22. The van der Waals surface area contributed by atoms with Crippen molar-refractivity contribution in [2.45, 2.75) is 26.7 Å². The molecule has 2 heterocycles. The lowest BCUT2D eigenvalue weighted by Crippen LogP contribution is -2.11.